The molecule has 2 aromatic heterocycles. The second kappa shape index (κ2) is 7.07. The Kier molecular flexibility index (Phi) is 4.63. The van der Waals surface area contributed by atoms with Crippen molar-refractivity contribution in [3.8, 4) is 0 Å². The molecule has 0 N–H and O–H groups in total. The molecule has 2 aliphatic rings. The number of amides is 1. The molecule has 26 heavy (non-hydrogen) atoms. The van der Waals surface area contributed by atoms with E-state index in [1.807, 2.05) is 35.7 Å². The number of carbonyl (C=O) groups is 1. The zero-order chi connectivity index (χ0) is 18.1. The van der Waals surface area contributed by atoms with Gasteiger partial charge in [0.2, 0.25) is 0 Å². The summed E-state index contributed by atoms with van der Waals surface area (Å²) in [6.45, 7) is 5.63. The van der Waals surface area contributed by atoms with E-state index in [9.17, 15) is 4.79 Å². The Morgan fingerprint density at radius 1 is 1.27 bits per heavy atom. The van der Waals surface area contributed by atoms with Crippen LogP contribution in [0.1, 0.15) is 40.8 Å². The lowest BCUT2D eigenvalue weighted by Crippen LogP contribution is -2.43. The molecule has 2 aliphatic heterocycles. The van der Waals surface area contributed by atoms with Crippen LogP contribution in [0.15, 0.2) is 24.5 Å². The summed E-state index contributed by atoms with van der Waals surface area (Å²) < 4.78 is 7.86. The Bertz CT molecular complexity index is 797. The Balaban J connectivity index is 1.51. The molecule has 1 amide bonds. The highest BCUT2D eigenvalue weighted by Crippen LogP contribution is 2.24. The molecular weight excluding hydrogens is 330 g/mol. The first-order valence-electron chi connectivity index (χ1n) is 9.23. The van der Waals surface area contributed by atoms with E-state index in [0.717, 1.165) is 30.4 Å². The van der Waals surface area contributed by atoms with Gasteiger partial charge in [-0.2, -0.15) is 0 Å². The van der Waals surface area contributed by atoms with Gasteiger partial charge in [-0.05, 0) is 31.9 Å². The fraction of sp³-hybridized carbons (Fsp3) is 0.526. The van der Waals surface area contributed by atoms with Gasteiger partial charge < -0.3 is 19.1 Å². The zero-order valence-electron chi connectivity index (χ0n) is 15.4. The molecule has 0 unspecified atom stereocenters. The van der Waals surface area contributed by atoms with Crippen molar-refractivity contribution in [3.63, 3.8) is 0 Å². The van der Waals surface area contributed by atoms with Crippen LogP contribution in [0.4, 0.5) is 5.82 Å². The molecule has 138 valence electrons. The molecule has 1 atom stereocenters. The minimum Gasteiger partial charge on any atom is -0.367 e. The predicted octanol–water partition coefficient (Wildman–Crippen LogP) is 1.94. The standard InChI is InChI=1S/C19H25N5O2/c1-14-12-22(2)18(21-14)16-13-24(9-10-26-16)19(25)15-5-6-20-17(11-15)23-7-3-4-8-23/h5-6,11-12,16H,3-4,7-10,13H2,1-2H3/t16-/m1/s1. The molecule has 4 heterocycles. The van der Waals surface area contributed by atoms with Gasteiger partial charge in [0.1, 0.15) is 17.7 Å². The van der Waals surface area contributed by atoms with Crippen molar-refractivity contribution in [2.75, 3.05) is 37.7 Å². The van der Waals surface area contributed by atoms with E-state index in [4.69, 9.17) is 4.74 Å². The van der Waals surface area contributed by atoms with E-state index in [0.29, 0.717) is 25.3 Å². The van der Waals surface area contributed by atoms with Crippen molar-refractivity contribution in [1.82, 2.24) is 19.4 Å². The quantitative estimate of drug-likeness (QED) is 0.842. The molecule has 4 rings (SSSR count). The minimum atomic E-state index is -0.189. The van der Waals surface area contributed by atoms with Crippen molar-refractivity contribution >= 4 is 11.7 Å². The second-order valence-corrected chi connectivity index (χ2v) is 7.06. The van der Waals surface area contributed by atoms with Crippen LogP contribution in [0.2, 0.25) is 0 Å². The van der Waals surface area contributed by atoms with Gasteiger partial charge in [-0.1, -0.05) is 0 Å². The number of hydrogen-bond acceptors (Lipinski definition) is 5. The number of morpholine rings is 1. The molecule has 0 saturated carbocycles. The van der Waals surface area contributed by atoms with Crippen molar-refractivity contribution in [3.05, 3.63) is 41.6 Å². The number of pyridine rings is 1. The first-order chi connectivity index (χ1) is 12.6. The normalized spacial score (nSPS) is 20.6. The van der Waals surface area contributed by atoms with Crippen LogP contribution in [0.25, 0.3) is 0 Å². The molecule has 0 bridgehead atoms. The van der Waals surface area contributed by atoms with E-state index < -0.39 is 0 Å². The third kappa shape index (κ3) is 3.31. The van der Waals surface area contributed by atoms with Crippen molar-refractivity contribution in [2.24, 2.45) is 7.05 Å². The highest BCUT2D eigenvalue weighted by Gasteiger charge is 2.29. The number of aryl methyl sites for hydroxylation is 2. The zero-order valence-corrected chi connectivity index (χ0v) is 15.4. The fourth-order valence-corrected chi connectivity index (χ4v) is 3.78. The van der Waals surface area contributed by atoms with Crippen LogP contribution in [-0.2, 0) is 11.8 Å². The van der Waals surface area contributed by atoms with Gasteiger partial charge >= 0.3 is 0 Å². The molecule has 2 saturated heterocycles. The smallest absolute Gasteiger partial charge is 0.254 e. The predicted molar refractivity (Wildman–Crippen MR) is 98.2 cm³/mol. The summed E-state index contributed by atoms with van der Waals surface area (Å²) in [7, 11) is 1.96. The van der Waals surface area contributed by atoms with Crippen LogP contribution in [-0.4, -0.2) is 58.1 Å². The summed E-state index contributed by atoms with van der Waals surface area (Å²) in [4.78, 5) is 26.1. The third-order valence-electron chi connectivity index (χ3n) is 5.10. The number of aromatic nitrogens is 3. The highest BCUT2D eigenvalue weighted by molar-refractivity contribution is 5.95. The monoisotopic (exact) mass is 355 g/mol. The maximum absolute atomic E-state index is 13.0. The average molecular weight is 355 g/mol. The van der Waals surface area contributed by atoms with Crippen LogP contribution in [0.5, 0.6) is 0 Å². The van der Waals surface area contributed by atoms with E-state index in [1.54, 1.807) is 12.3 Å². The van der Waals surface area contributed by atoms with Gasteiger partial charge in [0.05, 0.1) is 18.8 Å². The molecular formula is C19H25N5O2. The molecule has 7 heteroatoms. The average Bonchev–Trinajstić information content (AvgIpc) is 3.31. The van der Waals surface area contributed by atoms with E-state index >= 15 is 0 Å². The Morgan fingerprint density at radius 3 is 2.81 bits per heavy atom. The van der Waals surface area contributed by atoms with Gasteiger partial charge in [-0.3, -0.25) is 4.79 Å². The van der Waals surface area contributed by atoms with Crippen LogP contribution < -0.4 is 4.90 Å². The molecule has 0 aliphatic carbocycles. The minimum absolute atomic E-state index is 0.0343. The van der Waals surface area contributed by atoms with Gasteiger partial charge in [0.15, 0.2) is 0 Å². The Hall–Kier alpha value is -2.41. The van der Waals surface area contributed by atoms with Crippen LogP contribution in [0, 0.1) is 6.92 Å². The Labute approximate surface area is 153 Å². The molecule has 7 nitrogen and oxygen atoms in total. The summed E-state index contributed by atoms with van der Waals surface area (Å²) in [6, 6.07) is 3.72. The summed E-state index contributed by atoms with van der Waals surface area (Å²) in [5, 5.41) is 0. The van der Waals surface area contributed by atoms with Gasteiger partial charge in [0, 0.05) is 44.6 Å². The third-order valence-corrected chi connectivity index (χ3v) is 5.10. The van der Waals surface area contributed by atoms with E-state index in [-0.39, 0.29) is 12.0 Å². The summed E-state index contributed by atoms with van der Waals surface area (Å²) in [6.07, 6.45) is 5.90. The van der Waals surface area contributed by atoms with Gasteiger partial charge in [0.25, 0.3) is 5.91 Å². The largest absolute Gasteiger partial charge is 0.367 e. The number of nitrogens with zero attached hydrogens (tertiary/aromatic N) is 5. The maximum atomic E-state index is 13.0. The first kappa shape index (κ1) is 17.0. The summed E-state index contributed by atoms with van der Waals surface area (Å²) in [5.74, 6) is 1.80. The number of rotatable bonds is 3. The lowest BCUT2D eigenvalue weighted by molar-refractivity contribution is -0.0279. The van der Waals surface area contributed by atoms with Crippen molar-refractivity contribution in [1.29, 1.82) is 0 Å². The fourth-order valence-electron chi connectivity index (χ4n) is 3.78. The number of imidazole rings is 1. The van der Waals surface area contributed by atoms with E-state index in [2.05, 4.69) is 14.9 Å². The lowest BCUT2D eigenvalue weighted by atomic mass is 10.2. The van der Waals surface area contributed by atoms with Crippen molar-refractivity contribution < 1.29 is 9.53 Å². The maximum Gasteiger partial charge on any atom is 0.254 e. The van der Waals surface area contributed by atoms with E-state index in [1.165, 1.54) is 12.8 Å². The number of ether oxygens (including phenoxy) is 1. The molecule has 0 radical (unpaired) electrons. The molecule has 0 spiro atoms. The number of carbonyl (C=O) groups excluding carboxylic acids is 1. The molecule has 2 fully saturated rings. The van der Waals surface area contributed by atoms with Gasteiger partial charge in [-0.15, -0.1) is 0 Å². The molecule has 2 aromatic rings. The Morgan fingerprint density at radius 2 is 2.08 bits per heavy atom. The van der Waals surface area contributed by atoms with Crippen LogP contribution >= 0.6 is 0 Å². The topological polar surface area (TPSA) is 63.5 Å². The molecule has 0 aromatic carbocycles. The first-order valence-corrected chi connectivity index (χ1v) is 9.23. The van der Waals surface area contributed by atoms with Gasteiger partial charge in [-0.25, -0.2) is 9.97 Å². The van der Waals surface area contributed by atoms with Crippen molar-refractivity contribution in [2.45, 2.75) is 25.9 Å². The summed E-state index contributed by atoms with van der Waals surface area (Å²) >= 11 is 0. The number of hydrogen-bond donors (Lipinski definition) is 0. The lowest BCUT2D eigenvalue weighted by Gasteiger charge is -2.32. The number of anilines is 1. The second-order valence-electron chi connectivity index (χ2n) is 7.06. The highest BCUT2D eigenvalue weighted by atomic mass is 16.5. The SMILES string of the molecule is Cc1cn(C)c([C@H]2CN(C(=O)c3ccnc(N4CCCC4)c3)CCO2)n1. The van der Waals surface area contributed by atoms with Crippen LogP contribution in [0.3, 0.4) is 0 Å². The summed E-state index contributed by atoms with van der Waals surface area (Å²) in [5.41, 5.74) is 1.65.